The van der Waals surface area contributed by atoms with Crippen molar-refractivity contribution in [2.24, 2.45) is 0 Å². The molecule has 3 nitrogen and oxygen atoms in total. The van der Waals surface area contributed by atoms with Crippen molar-refractivity contribution in [3.05, 3.63) is 211 Å². The zero-order valence-electron chi connectivity index (χ0n) is 34.9. The Morgan fingerprint density at radius 1 is 0.413 bits per heavy atom. The Balaban J connectivity index is 1.13. The van der Waals surface area contributed by atoms with Gasteiger partial charge < -0.3 is 4.57 Å². The second kappa shape index (κ2) is 14.2. The molecule has 0 bridgehead atoms. The predicted molar refractivity (Wildman–Crippen MR) is 262 cm³/mol. The fourth-order valence-electron chi connectivity index (χ4n) is 11.5. The van der Waals surface area contributed by atoms with Gasteiger partial charge in [-0.2, -0.15) is 0 Å². The zero-order valence-corrected chi connectivity index (χ0v) is 34.9. The van der Waals surface area contributed by atoms with Gasteiger partial charge in [0.05, 0.1) is 22.4 Å². The third-order valence-corrected chi connectivity index (χ3v) is 14.2. The Labute approximate surface area is 367 Å². The minimum absolute atomic E-state index is 0.0693. The Bertz CT molecular complexity index is 3590. The molecular formula is C60H43N3. The summed E-state index contributed by atoms with van der Waals surface area (Å²) >= 11 is 0. The van der Waals surface area contributed by atoms with Gasteiger partial charge in [0, 0.05) is 44.0 Å². The van der Waals surface area contributed by atoms with Crippen molar-refractivity contribution in [2.75, 3.05) is 0 Å². The smallest absolute Gasteiger partial charge is 0.160 e. The van der Waals surface area contributed by atoms with Crippen molar-refractivity contribution in [1.82, 2.24) is 14.5 Å². The second-order valence-electron chi connectivity index (χ2n) is 17.5. The molecule has 0 unspecified atom stereocenters. The lowest BCUT2D eigenvalue weighted by Crippen LogP contribution is -2.28. The van der Waals surface area contributed by atoms with E-state index < -0.39 is 0 Å². The summed E-state index contributed by atoms with van der Waals surface area (Å²) in [6, 6.07) is 73.1. The van der Waals surface area contributed by atoms with Gasteiger partial charge >= 0.3 is 0 Å². The maximum Gasteiger partial charge on any atom is 0.160 e. The van der Waals surface area contributed by atoms with Crippen molar-refractivity contribution in [1.29, 1.82) is 0 Å². The molecule has 0 aliphatic heterocycles. The van der Waals surface area contributed by atoms with E-state index in [1.54, 1.807) is 0 Å². The molecule has 0 saturated heterocycles. The Morgan fingerprint density at radius 3 is 1.86 bits per heavy atom. The molecule has 1 fully saturated rings. The number of fused-ring (bicyclic) bond motifs is 14. The van der Waals surface area contributed by atoms with Crippen LogP contribution in [0.1, 0.15) is 43.2 Å². The van der Waals surface area contributed by atoms with Gasteiger partial charge in [0.1, 0.15) is 0 Å². The van der Waals surface area contributed by atoms with Crippen LogP contribution in [-0.4, -0.2) is 14.5 Å². The zero-order chi connectivity index (χ0) is 41.5. The number of hydrogen-bond donors (Lipinski definition) is 0. The summed E-state index contributed by atoms with van der Waals surface area (Å²) in [5.41, 5.74) is 16.7. The largest absolute Gasteiger partial charge is 0.308 e. The lowest BCUT2D eigenvalue weighted by Gasteiger charge is -2.36. The highest BCUT2D eigenvalue weighted by molar-refractivity contribution is 6.30. The standard InChI is InChI=1S/C60H43N3/c1-4-19-39(20-5-1)44-26-10-11-28-46(44)53-38-52(41-22-6-2-7-23-41)61-59(62-53)42-24-18-25-43(37-42)63-57-45-27-9-8-21-40(45)33-34-50(57)55-48-30-13-12-29-47(48)54-49-31-14-15-32-51(49)60(56(54)58(55)63)35-16-3-17-36-60/h1-2,4-15,18-34,37-38H,3,16-17,35-36H2. The van der Waals surface area contributed by atoms with E-state index in [0.717, 1.165) is 57.7 Å². The molecule has 0 amide bonds. The molecule has 2 aliphatic carbocycles. The van der Waals surface area contributed by atoms with E-state index >= 15 is 0 Å². The topological polar surface area (TPSA) is 30.7 Å². The molecule has 11 aromatic rings. The van der Waals surface area contributed by atoms with E-state index in [4.69, 9.17) is 9.97 Å². The number of nitrogens with zero attached hydrogens (tertiary/aromatic N) is 3. The molecule has 2 heterocycles. The van der Waals surface area contributed by atoms with Crippen LogP contribution in [0.5, 0.6) is 0 Å². The van der Waals surface area contributed by atoms with Crippen LogP contribution >= 0.6 is 0 Å². The van der Waals surface area contributed by atoms with Crippen molar-refractivity contribution in [3.63, 3.8) is 0 Å². The minimum Gasteiger partial charge on any atom is -0.308 e. The Morgan fingerprint density at radius 2 is 1.05 bits per heavy atom. The maximum absolute atomic E-state index is 5.46. The second-order valence-corrected chi connectivity index (χ2v) is 17.5. The van der Waals surface area contributed by atoms with E-state index in [1.807, 2.05) is 0 Å². The molecule has 3 heteroatoms. The number of rotatable bonds is 5. The van der Waals surface area contributed by atoms with Crippen LogP contribution in [-0.2, 0) is 5.41 Å². The van der Waals surface area contributed by atoms with E-state index in [9.17, 15) is 0 Å². The summed E-state index contributed by atoms with van der Waals surface area (Å²) in [6.07, 6.45) is 6.04. The van der Waals surface area contributed by atoms with Gasteiger partial charge in [-0.3, -0.25) is 0 Å². The highest BCUT2D eigenvalue weighted by Crippen LogP contribution is 2.61. The fourth-order valence-corrected chi connectivity index (χ4v) is 11.5. The predicted octanol–water partition coefficient (Wildman–Crippen LogP) is 15.8. The summed E-state index contributed by atoms with van der Waals surface area (Å²) in [6.45, 7) is 0. The molecule has 298 valence electrons. The molecule has 13 rings (SSSR count). The molecule has 0 atom stereocenters. The van der Waals surface area contributed by atoms with Crippen LogP contribution in [0, 0.1) is 0 Å². The number of aromatic nitrogens is 3. The summed E-state index contributed by atoms with van der Waals surface area (Å²) in [4.78, 5) is 10.8. The van der Waals surface area contributed by atoms with Gasteiger partial charge in [-0.15, -0.1) is 0 Å². The van der Waals surface area contributed by atoms with Crippen molar-refractivity contribution < 1.29 is 0 Å². The third kappa shape index (κ3) is 5.46. The summed E-state index contributed by atoms with van der Waals surface area (Å²) in [7, 11) is 0. The number of hydrogen-bond acceptors (Lipinski definition) is 2. The van der Waals surface area contributed by atoms with Crippen LogP contribution in [0.15, 0.2) is 200 Å². The molecule has 2 aromatic heterocycles. The molecule has 2 aliphatic rings. The van der Waals surface area contributed by atoms with Gasteiger partial charge in [-0.05, 0) is 80.6 Å². The molecule has 9 aromatic carbocycles. The van der Waals surface area contributed by atoms with Crippen molar-refractivity contribution in [2.45, 2.75) is 37.5 Å². The maximum atomic E-state index is 5.46. The lowest BCUT2D eigenvalue weighted by molar-refractivity contribution is 0.354. The Kier molecular flexibility index (Phi) is 8.14. The third-order valence-electron chi connectivity index (χ3n) is 14.2. The first-order valence-electron chi connectivity index (χ1n) is 22.5. The van der Waals surface area contributed by atoms with Crippen molar-refractivity contribution in [3.8, 4) is 61.8 Å². The lowest BCUT2D eigenvalue weighted by atomic mass is 9.67. The minimum atomic E-state index is -0.0693. The van der Waals surface area contributed by atoms with E-state index in [-0.39, 0.29) is 5.41 Å². The molecule has 0 N–H and O–H groups in total. The molecule has 0 radical (unpaired) electrons. The van der Waals surface area contributed by atoms with Crippen molar-refractivity contribution >= 4 is 43.4 Å². The first-order chi connectivity index (χ1) is 31.2. The molecule has 1 spiro atoms. The Hall–Kier alpha value is -7.62. The van der Waals surface area contributed by atoms with E-state index in [2.05, 4.69) is 205 Å². The highest BCUT2D eigenvalue weighted by Gasteiger charge is 2.47. The van der Waals surface area contributed by atoms with Gasteiger partial charge in [0.25, 0.3) is 0 Å². The summed E-state index contributed by atoms with van der Waals surface area (Å²) in [5.74, 6) is 0.702. The first kappa shape index (κ1) is 36.1. The fraction of sp³-hybridized carbons (Fsp3) is 0.100. The average molecular weight is 806 g/mol. The first-order valence-corrected chi connectivity index (χ1v) is 22.5. The van der Waals surface area contributed by atoms with Gasteiger partial charge in [-0.25, -0.2) is 9.97 Å². The molecule has 1 saturated carbocycles. The summed E-state index contributed by atoms with van der Waals surface area (Å²) in [5, 5.41) is 7.79. The van der Waals surface area contributed by atoms with Crippen LogP contribution in [0.2, 0.25) is 0 Å². The molecule has 63 heavy (non-hydrogen) atoms. The summed E-state index contributed by atoms with van der Waals surface area (Å²) < 4.78 is 2.64. The van der Waals surface area contributed by atoms with Gasteiger partial charge in [0.2, 0.25) is 0 Å². The quantitative estimate of drug-likeness (QED) is 0.173. The monoisotopic (exact) mass is 805 g/mol. The average Bonchev–Trinajstić information content (AvgIpc) is 3.85. The van der Waals surface area contributed by atoms with Gasteiger partial charge in [0.15, 0.2) is 5.82 Å². The SMILES string of the molecule is c1ccc(-c2cc(-c3ccccc3-c3ccccc3)nc(-c3cccc(-n4c5c6c(c7ccccc7c5c5ccc7ccccc7c54)-c4ccccc4C64CCCCC4)c3)n2)cc1. The normalized spacial score (nSPS) is 14.2. The number of benzene rings is 9. The molecular weight excluding hydrogens is 763 g/mol. The van der Waals surface area contributed by atoms with Gasteiger partial charge in [-0.1, -0.05) is 201 Å². The van der Waals surface area contributed by atoms with Crippen LogP contribution in [0.4, 0.5) is 0 Å². The van der Waals surface area contributed by atoms with E-state index in [1.165, 1.54) is 84.9 Å². The van der Waals surface area contributed by atoms with Crippen LogP contribution < -0.4 is 0 Å². The van der Waals surface area contributed by atoms with Crippen LogP contribution in [0.3, 0.4) is 0 Å². The van der Waals surface area contributed by atoms with Crippen LogP contribution in [0.25, 0.3) is 105 Å². The highest BCUT2D eigenvalue weighted by atomic mass is 15.0. The van der Waals surface area contributed by atoms with E-state index in [0.29, 0.717) is 5.82 Å².